The highest BCUT2D eigenvalue weighted by molar-refractivity contribution is 7.89. The number of piperidine rings is 1. The van der Waals surface area contributed by atoms with E-state index >= 15 is 0 Å². The lowest BCUT2D eigenvalue weighted by Gasteiger charge is -2.30. The quantitative estimate of drug-likeness (QED) is 0.651. The van der Waals surface area contributed by atoms with Gasteiger partial charge in [0, 0.05) is 18.1 Å². The van der Waals surface area contributed by atoms with Crippen molar-refractivity contribution in [3.63, 3.8) is 0 Å². The van der Waals surface area contributed by atoms with E-state index < -0.39 is 34.4 Å². The summed E-state index contributed by atoms with van der Waals surface area (Å²) in [6.45, 7) is -0.178. The number of carbonyl (C=O) groups is 2. The average molecular weight is 471 g/mol. The van der Waals surface area contributed by atoms with Crippen LogP contribution >= 0.6 is 23.2 Å². The maximum absolute atomic E-state index is 12.8. The van der Waals surface area contributed by atoms with Gasteiger partial charge in [-0.1, -0.05) is 35.3 Å². The molecule has 7 nitrogen and oxygen atoms in total. The Labute approximate surface area is 185 Å². The Morgan fingerprint density at radius 1 is 1.10 bits per heavy atom. The van der Waals surface area contributed by atoms with Gasteiger partial charge in [0.15, 0.2) is 6.61 Å². The number of ether oxygens (including phenoxy) is 1. The summed E-state index contributed by atoms with van der Waals surface area (Å²) in [4.78, 5) is 24.5. The number of para-hydroxylation sites is 1. The van der Waals surface area contributed by atoms with E-state index in [4.69, 9.17) is 27.9 Å². The first kappa shape index (κ1) is 22.6. The van der Waals surface area contributed by atoms with E-state index in [0.717, 1.165) is 0 Å². The summed E-state index contributed by atoms with van der Waals surface area (Å²) in [5.41, 5.74) is 0.415. The maximum Gasteiger partial charge on any atom is 0.310 e. The van der Waals surface area contributed by atoms with E-state index in [9.17, 15) is 18.0 Å². The third-order valence-corrected chi connectivity index (χ3v) is 7.12. The van der Waals surface area contributed by atoms with Crippen molar-refractivity contribution >= 4 is 50.8 Å². The number of amides is 1. The summed E-state index contributed by atoms with van der Waals surface area (Å²) in [6.07, 6.45) is 0.996. The molecular formula is C20H20Cl2N2O5S. The number of halogens is 2. The third kappa shape index (κ3) is 5.51. The van der Waals surface area contributed by atoms with Crippen molar-refractivity contribution in [1.29, 1.82) is 0 Å². The van der Waals surface area contributed by atoms with Crippen LogP contribution in [0.15, 0.2) is 53.4 Å². The lowest BCUT2D eigenvalue weighted by Crippen LogP contribution is -2.43. The Balaban J connectivity index is 1.57. The van der Waals surface area contributed by atoms with Gasteiger partial charge in [-0.2, -0.15) is 4.31 Å². The monoisotopic (exact) mass is 470 g/mol. The van der Waals surface area contributed by atoms with Crippen molar-refractivity contribution in [2.45, 2.75) is 17.7 Å². The first-order valence-electron chi connectivity index (χ1n) is 9.24. The molecule has 30 heavy (non-hydrogen) atoms. The molecule has 0 radical (unpaired) electrons. The zero-order valence-corrected chi connectivity index (χ0v) is 18.2. The molecule has 2 aromatic rings. The molecule has 0 aromatic heterocycles. The van der Waals surface area contributed by atoms with Gasteiger partial charge in [-0.15, -0.1) is 0 Å². The second-order valence-corrected chi connectivity index (χ2v) is 9.57. The van der Waals surface area contributed by atoms with Crippen LogP contribution in [0.25, 0.3) is 0 Å². The first-order chi connectivity index (χ1) is 14.3. The fourth-order valence-electron chi connectivity index (χ4n) is 3.11. The number of esters is 1. The molecule has 0 bridgehead atoms. The Morgan fingerprint density at radius 3 is 2.50 bits per heavy atom. The molecule has 1 atom stereocenters. The van der Waals surface area contributed by atoms with Crippen LogP contribution in [-0.4, -0.2) is 44.3 Å². The van der Waals surface area contributed by atoms with Crippen molar-refractivity contribution in [1.82, 2.24) is 4.31 Å². The summed E-state index contributed by atoms with van der Waals surface area (Å²) >= 11 is 11.8. The molecule has 160 valence electrons. The highest BCUT2D eigenvalue weighted by Gasteiger charge is 2.34. The van der Waals surface area contributed by atoms with Crippen LogP contribution in [-0.2, 0) is 24.3 Å². The van der Waals surface area contributed by atoms with Crippen molar-refractivity contribution in [3.8, 4) is 0 Å². The molecule has 3 rings (SSSR count). The van der Waals surface area contributed by atoms with Crippen LogP contribution in [0.3, 0.4) is 0 Å². The second-order valence-electron chi connectivity index (χ2n) is 6.79. The molecule has 1 heterocycles. The summed E-state index contributed by atoms with van der Waals surface area (Å²) in [7, 11) is -3.75. The molecule has 1 aliphatic heterocycles. The van der Waals surface area contributed by atoms with E-state index in [1.807, 2.05) is 0 Å². The smallest absolute Gasteiger partial charge is 0.310 e. The molecule has 1 unspecified atom stereocenters. The van der Waals surface area contributed by atoms with Crippen LogP contribution in [0.5, 0.6) is 0 Å². The standard InChI is InChI=1S/C20H20Cl2N2O5S/c21-15-7-9-16(10-8-15)30(27,28)24-11-3-4-14(12-24)20(26)29-13-19(25)23-18-6-2-1-5-17(18)22/h1-2,5-10,14H,3-4,11-13H2,(H,23,25). The van der Waals surface area contributed by atoms with E-state index in [-0.39, 0.29) is 11.4 Å². The number of benzene rings is 2. The average Bonchev–Trinajstić information content (AvgIpc) is 2.74. The van der Waals surface area contributed by atoms with Crippen LogP contribution in [0.4, 0.5) is 5.69 Å². The molecule has 2 aromatic carbocycles. The fraction of sp³-hybridized carbons (Fsp3) is 0.300. The predicted octanol–water partition coefficient (Wildman–Crippen LogP) is 3.58. The van der Waals surface area contributed by atoms with Crippen molar-refractivity contribution in [2.24, 2.45) is 5.92 Å². The van der Waals surface area contributed by atoms with E-state index in [0.29, 0.717) is 35.1 Å². The van der Waals surface area contributed by atoms with Gasteiger partial charge in [-0.3, -0.25) is 9.59 Å². The van der Waals surface area contributed by atoms with E-state index in [2.05, 4.69) is 5.32 Å². The van der Waals surface area contributed by atoms with Gasteiger partial charge in [-0.25, -0.2) is 8.42 Å². The number of nitrogens with one attached hydrogen (secondary N) is 1. The molecule has 1 N–H and O–H groups in total. The minimum absolute atomic E-state index is 0.00404. The first-order valence-corrected chi connectivity index (χ1v) is 11.4. The number of nitrogens with zero attached hydrogens (tertiary/aromatic N) is 1. The zero-order valence-electron chi connectivity index (χ0n) is 15.9. The van der Waals surface area contributed by atoms with Crippen LogP contribution in [0.2, 0.25) is 10.0 Å². The Kier molecular flexibility index (Phi) is 7.36. The molecule has 0 spiro atoms. The number of hydrogen-bond acceptors (Lipinski definition) is 5. The summed E-state index contributed by atoms with van der Waals surface area (Å²) in [5.74, 6) is -1.79. The normalized spacial score (nSPS) is 17.3. The topological polar surface area (TPSA) is 92.8 Å². The van der Waals surface area contributed by atoms with Gasteiger partial charge in [-0.05, 0) is 49.2 Å². The lowest BCUT2D eigenvalue weighted by atomic mass is 10.00. The summed E-state index contributed by atoms with van der Waals surface area (Å²) in [6, 6.07) is 12.6. The molecule has 1 fully saturated rings. The van der Waals surface area contributed by atoms with Crippen LogP contribution < -0.4 is 5.32 Å². The molecular weight excluding hydrogens is 451 g/mol. The molecule has 0 aliphatic carbocycles. The number of hydrogen-bond donors (Lipinski definition) is 1. The van der Waals surface area contributed by atoms with Gasteiger partial charge < -0.3 is 10.1 Å². The van der Waals surface area contributed by atoms with Crippen LogP contribution in [0, 0.1) is 5.92 Å². The Morgan fingerprint density at radius 2 is 1.80 bits per heavy atom. The van der Waals surface area contributed by atoms with Gasteiger partial charge in [0.05, 0.1) is 21.5 Å². The minimum Gasteiger partial charge on any atom is -0.455 e. The number of carbonyl (C=O) groups excluding carboxylic acids is 2. The molecule has 1 aliphatic rings. The molecule has 1 amide bonds. The van der Waals surface area contributed by atoms with Crippen molar-refractivity contribution < 1.29 is 22.7 Å². The van der Waals surface area contributed by atoms with E-state index in [1.165, 1.54) is 28.6 Å². The van der Waals surface area contributed by atoms with Crippen molar-refractivity contribution in [3.05, 3.63) is 58.6 Å². The predicted molar refractivity (Wildman–Crippen MR) is 114 cm³/mol. The van der Waals surface area contributed by atoms with Gasteiger partial charge in [0.2, 0.25) is 10.0 Å². The SMILES string of the molecule is O=C(COC(=O)C1CCCN(S(=O)(=O)c2ccc(Cl)cc2)C1)Nc1ccccc1Cl. The highest BCUT2D eigenvalue weighted by atomic mass is 35.5. The van der Waals surface area contributed by atoms with Gasteiger partial charge in [0.25, 0.3) is 5.91 Å². The van der Waals surface area contributed by atoms with Gasteiger partial charge in [0.1, 0.15) is 0 Å². The second kappa shape index (κ2) is 9.78. The van der Waals surface area contributed by atoms with E-state index in [1.54, 1.807) is 24.3 Å². The molecule has 10 heteroatoms. The summed E-state index contributed by atoms with van der Waals surface area (Å²) < 4.78 is 32.0. The lowest BCUT2D eigenvalue weighted by molar-refractivity contribution is -0.152. The number of rotatable bonds is 6. The zero-order chi connectivity index (χ0) is 21.7. The van der Waals surface area contributed by atoms with Gasteiger partial charge >= 0.3 is 5.97 Å². The fourth-order valence-corrected chi connectivity index (χ4v) is 4.94. The minimum atomic E-state index is -3.75. The Bertz CT molecular complexity index is 1030. The number of anilines is 1. The summed E-state index contributed by atoms with van der Waals surface area (Å²) in [5, 5.41) is 3.36. The third-order valence-electron chi connectivity index (χ3n) is 4.66. The molecule has 1 saturated heterocycles. The van der Waals surface area contributed by atoms with Crippen LogP contribution in [0.1, 0.15) is 12.8 Å². The maximum atomic E-state index is 12.8. The Hall–Kier alpha value is -2.13. The number of sulfonamides is 1. The highest BCUT2D eigenvalue weighted by Crippen LogP contribution is 2.25. The largest absolute Gasteiger partial charge is 0.455 e. The molecule has 0 saturated carbocycles. The van der Waals surface area contributed by atoms with Crippen molar-refractivity contribution in [2.75, 3.05) is 25.0 Å².